The maximum Gasteiger partial charge on any atom is 0.222 e. The summed E-state index contributed by atoms with van der Waals surface area (Å²) in [5.74, 6) is -0.176. The highest BCUT2D eigenvalue weighted by atomic mass is 19.1. The van der Waals surface area contributed by atoms with Gasteiger partial charge in [0.25, 0.3) is 0 Å². The number of carbonyl (C=O) groups excluding carboxylic acids is 1. The van der Waals surface area contributed by atoms with E-state index in [0.29, 0.717) is 31.4 Å². The maximum absolute atomic E-state index is 14.0. The summed E-state index contributed by atoms with van der Waals surface area (Å²) in [5, 5.41) is 0. The summed E-state index contributed by atoms with van der Waals surface area (Å²) in [6.07, 6.45) is 3.40. The van der Waals surface area contributed by atoms with Crippen LogP contribution in [0.1, 0.15) is 47.7 Å². The van der Waals surface area contributed by atoms with Gasteiger partial charge in [-0.05, 0) is 60.7 Å². The summed E-state index contributed by atoms with van der Waals surface area (Å²) in [5.41, 5.74) is 3.39. The molecule has 0 spiro atoms. The number of likely N-dealkylation sites (tertiary alicyclic amines) is 1. The van der Waals surface area contributed by atoms with Gasteiger partial charge in [0.2, 0.25) is 5.91 Å². The van der Waals surface area contributed by atoms with Crippen LogP contribution >= 0.6 is 0 Å². The fraction of sp³-hybridized carbons (Fsp3) is 0.308. The van der Waals surface area contributed by atoms with Gasteiger partial charge < -0.3 is 4.90 Å². The van der Waals surface area contributed by atoms with E-state index in [1.54, 1.807) is 24.3 Å². The van der Waals surface area contributed by atoms with E-state index in [2.05, 4.69) is 0 Å². The van der Waals surface area contributed by atoms with Crippen LogP contribution in [0.15, 0.2) is 66.7 Å². The smallest absolute Gasteiger partial charge is 0.222 e. The maximum atomic E-state index is 14.0. The van der Waals surface area contributed by atoms with Crippen molar-refractivity contribution in [2.45, 2.75) is 38.0 Å². The third-order valence-electron chi connectivity index (χ3n) is 5.89. The van der Waals surface area contributed by atoms with Crippen molar-refractivity contribution in [3.05, 3.63) is 101 Å². The summed E-state index contributed by atoms with van der Waals surface area (Å²) in [6.45, 7) is 1.41. The zero-order valence-electron chi connectivity index (χ0n) is 17.4. The van der Waals surface area contributed by atoms with Crippen molar-refractivity contribution in [3.63, 3.8) is 0 Å². The minimum Gasteiger partial charge on any atom is -0.342 e. The molecule has 31 heavy (non-hydrogen) atoms. The van der Waals surface area contributed by atoms with Gasteiger partial charge in [-0.2, -0.15) is 0 Å². The third-order valence-corrected chi connectivity index (χ3v) is 5.89. The van der Waals surface area contributed by atoms with E-state index in [-0.39, 0.29) is 23.5 Å². The summed E-state index contributed by atoms with van der Waals surface area (Å²) < 4.78 is 27.0. The number of piperidine rings is 1. The molecule has 1 aliphatic heterocycles. The summed E-state index contributed by atoms with van der Waals surface area (Å²) in [6, 6.07) is 19.0. The molecule has 5 heteroatoms. The monoisotopic (exact) mass is 420 g/mol. The van der Waals surface area contributed by atoms with Crippen LogP contribution in [0.2, 0.25) is 0 Å². The Morgan fingerprint density at radius 1 is 1.00 bits per heavy atom. The van der Waals surface area contributed by atoms with Crippen molar-refractivity contribution >= 4 is 5.91 Å². The number of amides is 1. The number of hydrogen-bond donors (Lipinski definition) is 0. The molecule has 4 rings (SSSR count). The quantitative estimate of drug-likeness (QED) is 0.543. The average Bonchev–Trinajstić information content (AvgIpc) is 2.80. The van der Waals surface area contributed by atoms with Crippen LogP contribution in [0.4, 0.5) is 8.78 Å². The molecule has 2 heterocycles. The molecule has 1 fully saturated rings. The van der Waals surface area contributed by atoms with Crippen molar-refractivity contribution in [2.24, 2.45) is 0 Å². The van der Waals surface area contributed by atoms with Crippen molar-refractivity contribution < 1.29 is 13.6 Å². The molecule has 1 atom stereocenters. The van der Waals surface area contributed by atoms with Gasteiger partial charge in [-0.3, -0.25) is 9.78 Å². The number of rotatable bonds is 6. The largest absolute Gasteiger partial charge is 0.342 e. The minimum absolute atomic E-state index is 0.122. The number of aromatic nitrogens is 1. The minimum atomic E-state index is -0.265. The van der Waals surface area contributed by atoms with Crippen molar-refractivity contribution in [3.8, 4) is 0 Å². The predicted octanol–water partition coefficient (Wildman–Crippen LogP) is 5.29. The third kappa shape index (κ3) is 5.54. The first kappa shape index (κ1) is 21.2. The lowest BCUT2D eigenvalue weighted by atomic mass is 9.93. The van der Waals surface area contributed by atoms with E-state index >= 15 is 0 Å². The Morgan fingerprint density at radius 2 is 1.81 bits per heavy atom. The molecule has 0 radical (unpaired) electrons. The average molecular weight is 421 g/mol. The molecule has 1 aliphatic rings. The van der Waals surface area contributed by atoms with E-state index in [0.717, 1.165) is 36.3 Å². The van der Waals surface area contributed by atoms with Gasteiger partial charge in [-0.1, -0.05) is 36.4 Å². The Hall–Kier alpha value is -3.08. The second-order valence-corrected chi connectivity index (χ2v) is 8.13. The van der Waals surface area contributed by atoms with Crippen molar-refractivity contribution in [1.82, 2.24) is 9.88 Å². The normalized spacial score (nSPS) is 16.3. The first-order chi connectivity index (χ1) is 15.1. The summed E-state index contributed by atoms with van der Waals surface area (Å²) in [4.78, 5) is 19.5. The number of carbonyl (C=O) groups is 1. The molecule has 3 nitrogen and oxygen atoms in total. The number of halogens is 2. The van der Waals surface area contributed by atoms with Gasteiger partial charge in [-0.15, -0.1) is 0 Å². The predicted molar refractivity (Wildman–Crippen MR) is 117 cm³/mol. The number of pyridine rings is 1. The summed E-state index contributed by atoms with van der Waals surface area (Å²) >= 11 is 0. The van der Waals surface area contributed by atoms with Gasteiger partial charge in [0.1, 0.15) is 11.6 Å². The van der Waals surface area contributed by atoms with Gasteiger partial charge in [0.05, 0.1) is 0 Å². The molecule has 1 saturated heterocycles. The highest BCUT2D eigenvalue weighted by molar-refractivity contribution is 5.76. The molecular formula is C26H26F2N2O. The number of aryl methyl sites for hydroxylation is 1. The van der Waals surface area contributed by atoms with Gasteiger partial charge in [0.15, 0.2) is 0 Å². The van der Waals surface area contributed by atoms with E-state index < -0.39 is 0 Å². The summed E-state index contributed by atoms with van der Waals surface area (Å²) in [7, 11) is 0. The van der Waals surface area contributed by atoms with Crippen LogP contribution in [0.25, 0.3) is 0 Å². The molecule has 0 N–H and O–H groups in total. The molecule has 0 aliphatic carbocycles. The lowest BCUT2D eigenvalue weighted by molar-refractivity contribution is -0.132. The Kier molecular flexibility index (Phi) is 6.70. The van der Waals surface area contributed by atoms with Crippen LogP contribution in [0, 0.1) is 11.6 Å². The molecule has 0 bridgehead atoms. The number of nitrogens with zero attached hydrogens (tertiary/aromatic N) is 2. The Labute approximate surface area is 181 Å². The van der Waals surface area contributed by atoms with Crippen LogP contribution in [0.5, 0.6) is 0 Å². The second-order valence-electron chi connectivity index (χ2n) is 8.13. The van der Waals surface area contributed by atoms with Gasteiger partial charge in [0, 0.05) is 43.2 Å². The standard InChI is InChI=1S/C26H26F2N2O/c27-22-13-10-19(11-14-22)12-15-26(31)30-16-4-6-21(18-30)25-9-3-7-23(29-25)17-20-5-1-2-8-24(20)28/h1-3,5,7-11,13-14,21H,4,6,12,15-18H2/t21-/m0/s1. The molecule has 2 aromatic carbocycles. The van der Waals surface area contributed by atoms with E-state index in [4.69, 9.17) is 4.98 Å². The molecule has 1 amide bonds. The van der Waals surface area contributed by atoms with Crippen LogP contribution in [-0.2, 0) is 17.6 Å². The Bertz CT molecular complexity index is 1040. The fourth-order valence-electron chi connectivity index (χ4n) is 4.17. The van der Waals surface area contributed by atoms with Gasteiger partial charge in [-0.25, -0.2) is 8.78 Å². The second kappa shape index (κ2) is 9.82. The topological polar surface area (TPSA) is 33.2 Å². The van der Waals surface area contributed by atoms with Gasteiger partial charge >= 0.3 is 0 Å². The zero-order valence-corrected chi connectivity index (χ0v) is 17.4. The van der Waals surface area contributed by atoms with Crippen LogP contribution in [0.3, 0.4) is 0 Å². The molecule has 3 aromatic rings. The fourth-order valence-corrected chi connectivity index (χ4v) is 4.17. The Morgan fingerprint density at radius 3 is 2.61 bits per heavy atom. The lowest BCUT2D eigenvalue weighted by Gasteiger charge is -2.32. The SMILES string of the molecule is O=C(CCc1ccc(F)cc1)N1CCC[C@H](c2cccc(Cc3ccccc3F)n2)C1. The molecular weight excluding hydrogens is 394 g/mol. The van der Waals surface area contributed by atoms with Crippen LogP contribution < -0.4 is 0 Å². The highest BCUT2D eigenvalue weighted by Gasteiger charge is 2.25. The molecule has 0 saturated carbocycles. The first-order valence-electron chi connectivity index (χ1n) is 10.8. The number of benzene rings is 2. The van der Waals surface area contributed by atoms with E-state index in [1.165, 1.54) is 18.2 Å². The number of hydrogen-bond acceptors (Lipinski definition) is 2. The van der Waals surface area contributed by atoms with Crippen LogP contribution in [-0.4, -0.2) is 28.9 Å². The highest BCUT2D eigenvalue weighted by Crippen LogP contribution is 2.27. The first-order valence-corrected chi connectivity index (χ1v) is 10.8. The van der Waals surface area contributed by atoms with Crippen molar-refractivity contribution in [1.29, 1.82) is 0 Å². The molecule has 1 aromatic heterocycles. The zero-order chi connectivity index (χ0) is 21.6. The van der Waals surface area contributed by atoms with E-state index in [9.17, 15) is 13.6 Å². The van der Waals surface area contributed by atoms with E-state index in [1.807, 2.05) is 29.2 Å². The Balaban J connectivity index is 1.38. The molecule has 160 valence electrons. The lowest BCUT2D eigenvalue weighted by Crippen LogP contribution is -2.39. The van der Waals surface area contributed by atoms with Crippen molar-refractivity contribution in [2.75, 3.05) is 13.1 Å². The molecule has 0 unspecified atom stereocenters.